The maximum absolute atomic E-state index is 6.05. The molecule has 1 N–H and O–H groups in total. The molecule has 2 aliphatic rings. The van der Waals surface area contributed by atoms with E-state index in [1.54, 1.807) is 0 Å². The van der Waals surface area contributed by atoms with Crippen LogP contribution in [0.2, 0.25) is 0 Å². The van der Waals surface area contributed by atoms with E-state index in [4.69, 9.17) is 13.9 Å². The van der Waals surface area contributed by atoms with Crippen LogP contribution < -0.4 is 15.0 Å². The van der Waals surface area contributed by atoms with Gasteiger partial charge < -0.3 is 24.1 Å². The fourth-order valence-corrected chi connectivity index (χ4v) is 3.90. The van der Waals surface area contributed by atoms with E-state index >= 15 is 0 Å². The summed E-state index contributed by atoms with van der Waals surface area (Å²) in [6.45, 7) is 5.89. The molecular formula is C23H24N2O3. The summed E-state index contributed by atoms with van der Waals surface area (Å²) in [5.41, 5.74) is 4.14. The zero-order chi connectivity index (χ0) is 18.9. The molecule has 3 heterocycles. The van der Waals surface area contributed by atoms with Crippen LogP contribution in [0.25, 0.3) is 22.6 Å². The van der Waals surface area contributed by atoms with E-state index in [-0.39, 0.29) is 6.79 Å². The van der Waals surface area contributed by atoms with Crippen molar-refractivity contribution in [3.8, 4) is 5.75 Å². The minimum absolute atomic E-state index is 0.228. The Morgan fingerprint density at radius 3 is 2.93 bits per heavy atom. The van der Waals surface area contributed by atoms with Crippen LogP contribution in [0.1, 0.15) is 18.2 Å². The SMILES string of the molecule is C[C@H]1CN(c2ccc3c(c2)OCOC/C(c2cc4ccccc4o2)=C\3)CCN1. The van der Waals surface area contributed by atoms with Gasteiger partial charge in [-0.2, -0.15) is 0 Å². The Balaban J connectivity index is 1.50. The number of para-hydroxylation sites is 1. The van der Waals surface area contributed by atoms with Gasteiger partial charge >= 0.3 is 0 Å². The van der Waals surface area contributed by atoms with Gasteiger partial charge in [-0.3, -0.25) is 0 Å². The number of ether oxygens (including phenoxy) is 2. The molecule has 1 aromatic heterocycles. The Bertz CT molecular complexity index is 991. The van der Waals surface area contributed by atoms with Crippen molar-refractivity contribution in [3.05, 3.63) is 59.9 Å². The van der Waals surface area contributed by atoms with E-state index in [0.29, 0.717) is 12.6 Å². The summed E-state index contributed by atoms with van der Waals surface area (Å²) in [4.78, 5) is 2.40. The van der Waals surface area contributed by atoms with Crippen molar-refractivity contribution in [1.29, 1.82) is 0 Å². The van der Waals surface area contributed by atoms with Crippen molar-refractivity contribution in [2.45, 2.75) is 13.0 Å². The Morgan fingerprint density at radius 2 is 2.04 bits per heavy atom. The first-order valence-corrected chi connectivity index (χ1v) is 9.79. The predicted molar refractivity (Wildman–Crippen MR) is 112 cm³/mol. The highest BCUT2D eigenvalue weighted by atomic mass is 16.7. The monoisotopic (exact) mass is 376 g/mol. The summed E-state index contributed by atoms with van der Waals surface area (Å²) in [5.74, 6) is 1.69. The molecule has 5 heteroatoms. The van der Waals surface area contributed by atoms with Crippen LogP contribution in [-0.2, 0) is 4.74 Å². The first kappa shape index (κ1) is 17.3. The highest BCUT2D eigenvalue weighted by molar-refractivity contribution is 5.88. The number of fused-ring (bicyclic) bond motifs is 2. The van der Waals surface area contributed by atoms with Gasteiger partial charge in [0.1, 0.15) is 17.1 Å². The Hall–Kier alpha value is -2.76. The third-order valence-corrected chi connectivity index (χ3v) is 5.36. The number of anilines is 1. The molecule has 0 spiro atoms. The van der Waals surface area contributed by atoms with E-state index < -0.39 is 0 Å². The van der Waals surface area contributed by atoms with Crippen molar-refractivity contribution in [2.75, 3.05) is 37.9 Å². The maximum Gasteiger partial charge on any atom is 0.189 e. The quantitative estimate of drug-likeness (QED) is 0.728. The molecule has 1 saturated heterocycles. The molecule has 3 aromatic rings. The third-order valence-electron chi connectivity index (χ3n) is 5.36. The lowest BCUT2D eigenvalue weighted by atomic mass is 10.1. The Labute approximate surface area is 164 Å². The normalized spacial score (nSPS) is 22.0. The Kier molecular flexibility index (Phi) is 4.55. The van der Waals surface area contributed by atoms with Gasteiger partial charge in [-0.15, -0.1) is 0 Å². The highest BCUT2D eigenvalue weighted by Gasteiger charge is 2.19. The first-order chi connectivity index (χ1) is 13.8. The third kappa shape index (κ3) is 3.39. The zero-order valence-electron chi connectivity index (χ0n) is 16.0. The molecule has 0 bridgehead atoms. The van der Waals surface area contributed by atoms with Crippen LogP contribution >= 0.6 is 0 Å². The van der Waals surface area contributed by atoms with Crippen molar-refractivity contribution in [1.82, 2.24) is 5.32 Å². The summed E-state index contributed by atoms with van der Waals surface area (Å²) < 4.78 is 17.7. The minimum atomic E-state index is 0.228. The number of piperazine rings is 1. The van der Waals surface area contributed by atoms with Crippen molar-refractivity contribution in [2.24, 2.45) is 0 Å². The van der Waals surface area contributed by atoms with Gasteiger partial charge in [-0.05, 0) is 37.3 Å². The van der Waals surface area contributed by atoms with Crippen LogP contribution in [0.15, 0.2) is 52.9 Å². The molecule has 1 atom stereocenters. The second-order valence-electron chi connectivity index (χ2n) is 7.45. The standard InChI is InChI=1S/C23H24N2O3/c1-16-13-25(9-8-24-16)20-7-6-18-10-19(14-26-15-27-22(18)12-20)23-11-17-4-2-3-5-21(17)28-23/h2-7,10-12,16,24H,8-9,13-15H2,1H3/b19-10+/t16-/m0/s1. The molecule has 0 radical (unpaired) electrons. The highest BCUT2D eigenvalue weighted by Crippen LogP contribution is 2.33. The lowest BCUT2D eigenvalue weighted by molar-refractivity contribution is 0.0322. The summed E-state index contributed by atoms with van der Waals surface area (Å²) in [7, 11) is 0. The number of rotatable bonds is 2. The number of benzene rings is 2. The summed E-state index contributed by atoms with van der Waals surface area (Å²) in [6, 6.07) is 17.0. The summed E-state index contributed by atoms with van der Waals surface area (Å²) in [5, 5.41) is 4.58. The molecule has 5 nitrogen and oxygen atoms in total. The van der Waals surface area contributed by atoms with E-state index in [1.807, 2.05) is 18.2 Å². The molecule has 1 fully saturated rings. The fourth-order valence-electron chi connectivity index (χ4n) is 3.90. The molecule has 0 saturated carbocycles. The lowest BCUT2D eigenvalue weighted by Gasteiger charge is -2.34. The number of nitrogens with one attached hydrogen (secondary N) is 1. The van der Waals surface area contributed by atoms with E-state index in [2.05, 4.69) is 53.5 Å². The van der Waals surface area contributed by atoms with Gasteiger partial charge in [0.05, 0.1) is 6.61 Å². The van der Waals surface area contributed by atoms with Crippen LogP contribution in [0.5, 0.6) is 5.75 Å². The fraction of sp³-hybridized carbons (Fsp3) is 0.304. The van der Waals surface area contributed by atoms with Crippen LogP contribution in [-0.4, -0.2) is 39.1 Å². The molecule has 0 unspecified atom stereocenters. The molecule has 144 valence electrons. The van der Waals surface area contributed by atoms with Crippen LogP contribution in [0.4, 0.5) is 5.69 Å². The predicted octanol–water partition coefficient (Wildman–Crippen LogP) is 4.14. The summed E-state index contributed by atoms with van der Waals surface area (Å²) in [6.07, 6.45) is 2.11. The molecule has 0 amide bonds. The number of nitrogens with zero attached hydrogens (tertiary/aromatic N) is 1. The molecular weight excluding hydrogens is 352 g/mol. The average Bonchev–Trinajstić information content (AvgIpc) is 3.12. The molecule has 0 aliphatic carbocycles. The van der Waals surface area contributed by atoms with E-state index in [0.717, 1.165) is 53.2 Å². The van der Waals surface area contributed by atoms with Crippen molar-refractivity contribution < 1.29 is 13.9 Å². The number of hydrogen-bond acceptors (Lipinski definition) is 5. The van der Waals surface area contributed by atoms with Crippen LogP contribution in [0, 0.1) is 0 Å². The van der Waals surface area contributed by atoms with Gasteiger partial charge in [0.25, 0.3) is 0 Å². The lowest BCUT2D eigenvalue weighted by Crippen LogP contribution is -2.49. The van der Waals surface area contributed by atoms with Gasteiger partial charge in [0.2, 0.25) is 0 Å². The number of furan rings is 1. The van der Waals surface area contributed by atoms with Crippen LogP contribution in [0.3, 0.4) is 0 Å². The van der Waals surface area contributed by atoms with Gasteiger partial charge in [0, 0.05) is 54.0 Å². The minimum Gasteiger partial charge on any atom is -0.467 e. The second kappa shape index (κ2) is 7.34. The van der Waals surface area contributed by atoms with Gasteiger partial charge in [-0.25, -0.2) is 0 Å². The first-order valence-electron chi connectivity index (χ1n) is 9.79. The molecule has 5 rings (SSSR count). The number of hydrogen-bond donors (Lipinski definition) is 1. The van der Waals surface area contributed by atoms with Gasteiger partial charge in [-0.1, -0.05) is 18.2 Å². The average molecular weight is 376 g/mol. The zero-order valence-corrected chi connectivity index (χ0v) is 16.0. The summed E-state index contributed by atoms with van der Waals surface area (Å²) >= 11 is 0. The molecule has 2 aromatic carbocycles. The second-order valence-corrected chi connectivity index (χ2v) is 7.45. The molecule has 28 heavy (non-hydrogen) atoms. The maximum atomic E-state index is 6.05. The molecule has 2 aliphatic heterocycles. The van der Waals surface area contributed by atoms with E-state index in [1.165, 1.54) is 5.69 Å². The van der Waals surface area contributed by atoms with E-state index in [9.17, 15) is 0 Å². The largest absolute Gasteiger partial charge is 0.467 e. The van der Waals surface area contributed by atoms with Crippen molar-refractivity contribution in [3.63, 3.8) is 0 Å². The van der Waals surface area contributed by atoms with Crippen molar-refractivity contribution >= 4 is 28.3 Å². The Morgan fingerprint density at radius 1 is 1.11 bits per heavy atom. The topological polar surface area (TPSA) is 46.9 Å². The van der Waals surface area contributed by atoms with Gasteiger partial charge in [0.15, 0.2) is 6.79 Å². The smallest absolute Gasteiger partial charge is 0.189 e.